The Balaban J connectivity index is 2.23. The van der Waals surface area contributed by atoms with Gasteiger partial charge < -0.3 is 10.2 Å². The molecule has 0 heterocycles. The average molecular weight is 218 g/mol. The van der Waals surface area contributed by atoms with Crippen molar-refractivity contribution in [3.05, 3.63) is 48.6 Å². The first-order chi connectivity index (χ1) is 7.83. The zero-order valence-electron chi connectivity index (χ0n) is 9.65. The number of hydrogen-bond acceptors (Lipinski definition) is 3. The molecule has 0 aliphatic rings. The quantitative estimate of drug-likeness (QED) is 0.330. The minimum atomic E-state index is 0.514. The highest BCUT2D eigenvalue weighted by molar-refractivity contribution is 5.83. The van der Waals surface area contributed by atoms with E-state index in [9.17, 15) is 0 Å². The lowest BCUT2D eigenvalue weighted by molar-refractivity contribution is 0.130. The lowest BCUT2D eigenvalue weighted by Gasteiger charge is -2.02. The molecule has 0 amide bonds. The number of benzene rings is 1. The molecule has 0 spiro atoms. The zero-order chi connectivity index (χ0) is 11.6. The van der Waals surface area contributed by atoms with Gasteiger partial charge in [-0.05, 0) is 12.5 Å². The summed E-state index contributed by atoms with van der Waals surface area (Å²) in [6, 6.07) is 9.99. The van der Waals surface area contributed by atoms with E-state index in [4.69, 9.17) is 4.84 Å². The Hall–Kier alpha value is -1.61. The minimum absolute atomic E-state index is 0.514. The van der Waals surface area contributed by atoms with Crippen LogP contribution in [0, 0.1) is 0 Å². The van der Waals surface area contributed by atoms with E-state index >= 15 is 0 Å². The second-order valence-corrected chi connectivity index (χ2v) is 3.51. The van der Waals surface area contributed by atoms with Crippen molar-refractivity contribution in [2.24, 2.45) is 5.16 Å². The van der Waals surface area contributed by atoms with E-state index in [2.05, 4.69) is 17.1 Å². The smallest absolute Gasteiger partial charge is 0.142 e. The molecule has 0 saturated carbocycles. The van der Waals surface area contributed by atoms with Crippen molar-refractivity contribution >= 4 is 5.71 Å². The lowest BCUT2D eigenvalue weighted by Crippen LogP contribution is -2.21. The van der Waals surface area contributed by atoms with Gasteiger partial charge in [-0.25, -0.2) is 0 Å². The highest BCUT2D eigenvalue weighted by Gasteiger charge is 1.92. The molecule has 0 atom stereocenters. The Labute approximate surface area is 96.8 Å². The average Bonchev–Trinajstić information content (AvgIpc) is 2.31. The van der Waals surface area contributed by atoms with E-state index in [1.165, 1.54) is 0 Å². The SMILES string of the molecule is C=CCNC/C(C)=N/OCc1ccccc1. The first-order valence-corrected chi connectivity index (χ1v) is 5.34. The second-order valence-electron chi connectivity index (χ2n) is 3.51. The molecule has 0 aliphatic carbocycles. The molecular weight excluding hydrogens is 200 g/mol. The fraction of sp³-hybridized carbons (Fsp3) is 0.308. The Bertz CT molecular complexity index is 333. The summed E-state index contributed by atoms with van der Waals surface area (Å²) in [5, 5.41) is 7.17. The predicted octanol–water partition coefficient (Wildman–Crippen LogP) is 2.35. The maximum atomic E-state index is 5.23. The minimum Gasteiger partial charge on any atom is -0.391 e. The van der Waals surface area contributed by atoms with Crippen LogP contribution < -0.4 is 5.32 Å². The molecule has 0 fully saturated rings. The van der Waals surface area contributed by atoms with Crippen LogP contribution in [0.1, 0.15) is 12.5 Å². The standard InChI is InChI=1S/C13H18N2O/c1-3-9-14-10-12(2)15-16-11-13-7-5-4-6-8-13/h3-8,14H,1,9-11H2,2H3/b15-12+. The van der Waals surface area contributed by atoms with Gasteiger partial charge in [0.2, 0.25) is 0 Å². The summed E-state index contributed by atoms with van der Waals surface area (Å²) >= 11 is 0. The normalized spacial score (nSPS) is 11.2. The Morgan fingerprint density at radius 1 is 1.44 bits per heavy atom. The van der Waals surface area contributed by atoms with Crippen molar-refractivity contribution in [2.45, 2.75) is 13.5 Å². The second kappa shape index (κ2) is 7.65. The van der Waals surface area contributed by atoms with Gasteiger partial charge in [-0.3, -0.25) is 0 Å². The van der Waals surface area contributed by atoms with Crippen LogP contribution in [0.3, 0.4) is 0 Å². The van der Waals surface area contributed by atoms with Crippen LogP contribution in [0.25, 0.3) is 0 Å². The molecule has 0 unspecified atom stereocenters. The zero-order valence-corrected chi connectivity index (χ0v) is 9.65. The number of nitrogens with one attached hydrogen (secondary N) is 1. The largest absolute Gasteiger partial charge is 0.391 e. The molecule has 0 aromatic heterocycles. The van der Waals surface area contributed by atoms with Crippen LogP contribution in [0.15, 0.2) is 48.1 Å². The van der Waals surface area contributed by atoms with Crippen molar-refractivity contribution < 1.29 is 4.84 Å². The lowest BCUT2D eigenvalue weighted by atomic mass is 10.2. The van der Waals surface area contributed by atoms with Crippen molar-refractivity contribution in [1.29, 1.82) is 0 Å². The van der Waals surface area contributed by atoms with Gasteiger partial charge in [0.15, 0.2) is 0 Å². The molecular formula is C13H18N2O. The highest BCUT2D eigenvalue weighted by Crippen LogP contribution is 2.00. The van der Waals surface area contributed by atoms with E-state index in [1.54, 1.807) is 0 Å². The van der Waals surface area contributed by atoms with Crippen molar-refractivity contribution in [3.8, 4) is 0 Å². The highest BCUT2D eigenvalue weighted by atomic mass is 16.6. The molecule has 0 bridgehead atoms. The van der Waals surface area contributed by atoms with Crippen molar-refractivity contribution in [1.82, 2.24) is 5.32 Å². The van der Waals surface area contributed by atoms with Gasteiger partial charge in [-0.2, -0.15) is 0 Å². The van der Waals surface area contributed by atoms with Crippen LogP contribution in [-0.2, 0) is 11.4 Å². The molecule has 1 rings (SSSR count). The first kappa shape index (κ1) is 12.5. The molecule has 3 heteroatoms. The summed E-state index contributed by atoms with van der Waals surface area (Å²) in [4.78, 5) is 5.23. The summed E-state index contributed by atoms with van der Waals surface area (Å²) in [6.07, 6.45) is 1.82. The summed E-state index contributed by atoms with van der Waals surface area (Å²) in [5.41, 5.74) is 2.05. The van der Waals surface area contributed by atoms with E-state index in [-0.39, 0.29) is 0 Å². The van der Waals surface area contributed by atoms with Crippen LogP contribution in [0.5, 0.6) is 0 Å². The topological polar surface area (TPSA) is 33.6 Å². The van der Waals surface area contributed by atoms with Gasteiger partial charge in [0.25, 0.3) is 0 Å². The number of hydrogen-bond donors (Lipinski definition) is 1. The summed E-state index contributed by atoms with van der Waals surface area (Å²) < 4.78 is 0. The third-order valence-electron chi connectivity index (χ3n) is 1.96. The van der Waals surface area contributed by atoms with Crippen molar-refractivity contribution in [2.75, 3.05) is 13.1 Å². The Kier molecular flexibility index (Phi) is 5.96. The number of nitrogens with zero attached hydrogens (tertiary/aromatic N) is 1. The first-order valence-electron chi connectivity index (χ1n) is 5.34. The summed E-state index contributed by atoms with van der Waals surface area (Å²) in [6.45, 7) is 7.58. The maximum absolute atomic E-state index is 5.23. The summed E-state index contributed by atoms with van der Waals surface area (Å²) in [7, 11) is 0. The third kappa shape index (κ3) is 5.32. The Morgan fingerprint density at radius 3 is 2.88 bits per heavy atom. The molecule has 3 nitrogen and oxygen atoms in total. The van der Waals surface area contributed by atoms with Gasteiger partial charge in [0, 0.05) is 13.1 Å². The summed E-state index contributed by atoms with van der Waals surface area (Å²) in [5.74, 6) is 0. The molecule has 86 valence electrons. The number of oxime groups is 1. The molecule has 1 aromatic carbocycles. The Morgan fingerprint density at radius 2 is 2.19 bits per heavy atom. The fourth-order valence-electron chi connectivity index (χ4n) is 1.18. The van der Waals surface area contributed by atoms with E-state index in [0.717, 1.165) is 24.4 Å². The maximum Gasteiger partial charge on any atom is 0.142 e. The fourth-order valence-corrected chi connectivity index (χ4v) is 1.18. The predicted molar refractivity (Wildman–Crippen MR) is 67.4 cm³/mol. The molecule has 1 aromatic rings. The van der Waals surface area contributed by atoms with Crippen LogP contribution in [-0.4, -0.2) is 18.8 Å². The van der Waals surface area contributed by atoms with Gasteiger partial charge in [0.05, 0.1) is 5.71 Å². The molecule has 0 saturated heterocycles. The third-order valence-corrected chi connectivity index (χ3v) is 1.96. The van der Waals surface area contributed by atoms with E-state index in [0.29, 0.717) is 6.61 Å². The number of rotatable bonds is 7. The molecule has 16 heavy (non-hydrogen) atoms. The molecule has 0 radical (unpaired) electrons. The van der Waals surface area contributed by atoms with Crippen molar-refractivity contribution in [3.63, 3.8) is 0 Å². The van der Waals surface area contributed by atoms with E-state index < -0.39 is 0 Å². The van der Waals surface area contributed by atoms with E-state index in [1.807, 2.05) is 43.3 Å². The van der Waals surface area contributed by atoms with Gasteiger partial charge >= 0.3 is 0 Å². The van der Waals surface area contributed by atoms with Crippen LogP contribution in [0.4, 0.5) is 0 Å². The molecule has 0 aliphatic heterocycles. The van der Waals surface area contributed by atoms with Gasteiger partial charge in [0.1, 0.15) is 6.61 Å². The van der Waals surface area contributed by atoms with Gasteiger partial charge in [-0.15, -0.1) is 6.58 Å². The van der Waals surface area contributed by atoms with Crippen LogP contribution in [0.2, 0.25) is 0 Å². The monoisotopic (exact) mass is 218 g/mol. The molecule has 1 N–H and O–H groups in total. The van der Waals surface area contributed by atoms with Gasteiger partial charge in [-0.1, -0.05) is 41.6 Å². The van der Waals surface area contributed by atoms with Crippen LogP contribution >= 0.6 is 0 Å².